The number of anilines is 1. The molecule has 4 aromatic rings. The van der Waals surface area contributed by atoms with E-state index in [2.05, 4.69) is 25.4 Å². The maximum Gasteiger partial charge on any atom is 0.408 e. The Morgan fingerprint density at radius 1 is 1.12 bits per heavy atom. The lowest BCUT2D eigenvalue weighted by Crippen LogP contribution is -2.33. The molecule has 0 aliphatic carbocycles. The average molecular weight is 358 g/mol. The van der Waals surface area contributed by atoms with Gasteiger partial charge in [0.2, 0.25) is 5.95 Å². The predicted molar refractivity (Wildman–Crippen MR) is 90.7 cm³/mol. The third kappa shape index (κ3) is 2.92. The van der Waals surface area contributed by atoms with Crippen molar-refractivity contribution in [2.24, 2.45) is 0 Å². The van der Waals surface area contributed by atoms with E-state index in [1.165, 1.54) is 10.7 Å². The highest BCUT2D eigenvalue weighted by Gasteiger charge is 2.36. The largest absolute Gasteiger partial charge is 0.408 e. The maximum atomic E-state index is 12.7. The number of pyridine rings is 2. The van der Waals surface area contributed by atoms with Gasteiger partial charge in [-0.2, -0.15) is 13.2 Å². The minimum absolute atomic E-state index is 0.0923. The summed E-state index contributed by atoms with van der Waals surface area (Å²) in [7, 11) is 0. The fraction of sp³-hybridized carbons (Fsp3) is 0.176. The van der Waals surface area contributed by atoms with E-state index in [4.69, 9.17) is 0 Å². The Hall–Kier alpha value is -3.23. The van der Waals surface area contributed by atoms with Crippen LogP contribution in [0, 0.1) is 0 Å². The molecule has 26 heavy (non-hydrogen) atoms. The van der Waals surface area contributed by atoms with Crippen molar-refractivity contribution in [1.82, 2.24) is 24.6 Å². The molecule has 4 rings (SSSR count). The van der Waals surface area contributed by atoms with Crippen molar-refractivity contribution in [3.63, 3.8) is 0 Å². The summed E-state index contributed by atoms with van der Waals surface area (Å²) in [6.45, 7) is 1.02. The van der Waals surface area contributed by atoms with Gasteiger partial charge in [-0.15, -0.1) is 5.10 Å². The quantitative estimate of drug-likeness (QED) is 0.605. The molecular formula is C17H13F3N6. The molecule has 0 aliphatic heterocycles. The first-order valence-electron chi connectivity index (χ1n) is 7.80. The highest BCUT2D eigenvalue weighted by molar-refractivity contribution is 5.86. The maximum absolute atomic E-state index is 12.7. The number of fused-ring (bicyclic) bond motifs is 2. The van der Waals surface area contributed by atoms with Gasteiger partial charge in [0, 0.05) is 35.1 Å². The highest BCUT2D eigenvalue weighted by atomic mass is 19.4. The molecule has 9 heteroatoms. The second-order valence-corrected chi connectivity index (χ2v) is 5.82. The molecule has 0 aliphatic rings. The number of alkyl halides is 3. The zero-order valence-corrected chi connectivity index (χ0v) is 13.6. The van der Waals surface area contributed by atoms with Crippen LogP contribution in [0.3, 0.4) is 0 Å². The Kier molecular flexibility index (Phi) is 3.71. The second kappa shape index (κ2) is 5.94. The molecule has 0 saturated heterocycles. The molecule has 4 heterocycles. The zero-order valence-electron chi connectivity index (χ0n) is 13.6. The van der Waals surface area contributed by atoms with Crippen LogP contribution in [-0.2, 0) is 0 Å². The lowest BCUT2D eigenvalue weighted by atomic mass is 10.1. The molecule has 0 radical (unpaired) electrons. The van der Waals surface area contributed by atoms with E-state index in [1.807, 2.05) is 24.3 Å². The molecule has 0 unspecified atom stereocenters. The Morgan fingerprint density at radius 2 is 1.96 bits per heavy atom. The van der Waals surface area contributed by atoms with E-state index in [0.29, 0.717) is 11.2 Å². The zero-order chi connectivity index (χ0) is 18.3. The summed E-state index contributed by atoms with van der Waals surface area (Å²) in [5.41, 5.74) is 2.99. The highest BCUT2D eigenvalue weighted by Crippen LogP contribution is 2.27. The summed E-state index contributed by atoms with van der Waals surface area (Å²) >= 11 is 0. The summed E-state index contributed by atoms with van der Waals surface area (Å²) in [5, 5.41) is 7.25. The van der Waals surface area contributed by atoms with Crippen LogP contribution in [0.5, 0.6) is 0 Å². The summed E-state index contributed by atoms with van der Waals surface area (Å²) in [6.07, 6.45) is 2.16. The van der Waals surface area contributed by atoms with Crippen molar-refractivity contribution in [3.05, 3.63) is 49.1 Å². The van der Waals surface area contributed by atoms with Crippen LogP contribution in [0.1, 0.15) is 6.92 Å². The minimum Gasteiger partial charge on any atom is -0.341 e. The summed E-state index contributed by atoms with van der Waals surface area (Å²) in [6, 6.07) is 5.76. The number of rotatable bonds is 3. The molecular weight excluding hydrogens is 345 g/mol. The molecule has 0 amide bonds. The number of nitrogens with one attached hydrogen (secondary N) is 1. The van der Waals surface area contributed by atoms with Gasteiger partial charge in [-0.1, -0.05) is 0 Å². The van der Waals surface area contributed by atoms with Crippen molar-refractivity contribution < 1.29 is 13.2 Å². The Labute approximate surface area is 145 Å². The van der Waals surface area contributed by atoms with Crippen LogP contribution in [-0.4, -0.2) is 36.8 Å². The average Bonchev–Trinajstić information content (AvgIpc) is 3.03. The van der Waals surface area contributed by atoms with Crippen molar-refractivity contribution in [1.29, 1.82) is 0 Å². The van der Waals surface area contributed by atoms with E-state index in [1.54, 1.807) is 18.6 Å². The van der Waals surface area contributed by atoms with Gasteiger partial charge in [0.25, 0.3) is 0 Å². The molecule has 1 N–H and O–H groups in total. The van der Waals surface area contributed by atoms with Crippen LogP contribution in [0.25, 0.3) is 27.7 Å². The summed E-state index contributed by atoms with van der Waals surface area (Å²) < 4.78 is 39.5. The second-order valence-electron chi connectivity index (χ2n) is 5.82. The van der Waals surface area contributed by atoms with Crippen molar-refractivity contribution in [3.8, 4) is 11.1 Å². The SMILES string of the molecule is C[C@@H](Nc1ncc2c(-c3cnc4ncccc4c3)ccn2n1)C(F)(F)F. The number of halogens is 3. The smallest absolute Gasteiger partial charge is 0.341 e. The fourth-order valence-corrected chi connectivity index (χ4v) is 2.60. The molecule has 1 atom stereocenters. The van der Waals surface area contributed by atoms with Crippen LogP contribution in [0.15, 0.2) is 49.1 Å². The van der Waals surface area contributed by atoms with Crippen molar-refractivity contribution in [2.75, 3.05) is 5.32 Å². The van der Waals surface area contributed by atoms with Crippen LogP contribution in [0.4, 0.5) is 19.1 Å². The minimum atomic E-state index is -4.37. The fourth-order valence-electron chi connectivity index (χ4n) is 2.60. The predicted octanol–water partition coefficient (Wildman–Crippen LogP) is 3.70. The third-order valence-corrected chi connectivity index (χ3v) is 4.02. The van der Waals surface area contributed by atoms with Gasteiger partial charge < -0.3 is 5.32 Å². The monoisotopic (exact) mass is 358 g/mol. The number of nitrogens with zero attached hydrogens (tertiary/aromatic N) is 5. The van der Waals surface area contributed by atoms with Crippen molar-refractivity contribution in [2.45, 2.75) is 19.1 Å². The molecule has 4 aromatic heterocycles. The lowest BCUT2D eigenvalue weighted by Gasteiger charge is -2.16. The van der Waals surface area contributed by atoms with E-state index in [0.717, 1.165) is 23.4 Å². The van der Waals surface area contributed by atoms with Crippen LogP contribution >= 0.6 is 0 Å². The van der Waals surface area contributed by atoms with E-state index in [-0.39, 0.29) is 5.95 Å². The molecule has 6 nitrogen and oxygen atoms in total. The first-order chi connectivity index (χ1) is 12.4. The van der Waals surface area contributed by atoms with E-state index >= 15 is 0 Å². The van der Waals surface area contributed by atoms with Crippen LogP contribution < -0.4 is 5.32 Å². The summed E-state index contributed by atoms with van der Waals surface area (Å²) in [5.74, 6) is -0.0923. The molecule has 0 fully saturated rings. The first kappa shape index (κ1) is 16.2. The number of aromatic nitrogens is 5. The molecule has 0 saturated carbocycles. The normalized spacial score (nSPS) is 13.2. The van der Waals surface area contributed by atoms with Crippen molar-refractivity contribution >= 4 is 22.5 Å². The van der Waals surface area contributed by atoms with E-state index in [9.17, 15) is 13.2 Å². The topological polar surface area (TPSA) is 68.0 Å². The number of hydrogen-bond acceptors (Lipinski definition) is 5. The lowest BCUT2D eigenvalue weighted by molar-refractivity contribution is -0.138. The molecule has 0 spiro atoms. The Morgan fingerprint density at radius 3 is 2.77 bits per heavy atom. The van der Waals surface area contributed by atoms with Gasteiger partial charge >= 0.3 is 6.18 Å². The van der Waals surface area contributed by atoms with Gasteiger partial charge in [0.1, 0.15) is 6.04 Å². The Bertz CT molecular complexity index is 1090. The molecule has 132 valence electrons. The van der Waals surface area contributed by atoms with Gasteiger partial charge in [-0.3, -0.25) is 0 Å². The van der Waals surface area contributed by atoms with Gasteiger partial charge in [0.05, 0.1) is 11.7 Å². The summed E-state index contributed by atoms with van der Waals surface area (Å²) in [4.78, 5) is 12.5. The molecule has 0 bridgehead atoms. The third-order valence-electron chi connectivity index (χ3n) is 4.02. The first-order valence-corrected chi connectivity index (χ1v) is 7.80. The molecule has 0 aromatic carbocycles. The van der Waals surface area contributed by atoms with Gasteiger partial charge in [-0.05, 0) is 31.2 Å². The number of hydrogen-bond donors (Lipinski definition) is 1. The van der Waals surface area contributed by atoms with Crippen LogP contribution in [0.2, 0.25) is 0 Å². The van der Waals surface area contributed by atoms with E-state index < -0.39 is 12.2 Å². The van der Waals surface area contributed by atoms with Gasteiger partial charge in [-0.25, -0.2) is 19.5 Å². The standard InChI is InChI=1S/C17H13F3N6/c1-10(17(18,19)20)24-16-23-9-14-13(4-6-26(14)25-16)12-7-11-3-2-5-21-15(11)22-8-12/h2-10H,1H3,(H,24,25)/t10-/m1/s1. The van der Waals surface area contributed by atoms with Gasteiger partial charge in [0.15, 0.2) is 5.65 Å². The Balaban J connectivity index is 1.71.